The quantitative estimate of drug-likeness (QED) is 0.208. The molecule has 12 heteroatoms. The maximum Gasteiger partial charge on any atom is 0.249 e. The minimum Gasteiger partial charge on any atom is -0.469 e. The van der Waals surface area contributed by atoms with Gasteiger partial charge in [0.05, 0.1) is 0 Å². The molecule has 1 spiro atoms. The van der Waals surface area contributed by atoms with Gasteiger partial charge in [0.2, 0.25) is 23.6 Å². The smallest absolute Gasteiger partial charge is 0.249 e. The number of hydrogen-bond acceptors (Lipinski definition) is 10. The van der Waals surface area contributed by atoms with Crippen LogP contribution in [0.3, 0.4) is 0 Å². The maximum absolute atomic E-state index is 14.0. The van der Waals surface area contributed by atoms with Crippen LogP contribution in [0.25, 0.3) is 11.6 Å². The molecule has 12 nitrogen and oxygen atoms in total. The normalized spacial score (nSPS) is 23.6. The average molecular weight is 642 g/mol. The summed E-state index contributed by atoms with van der Waals surface area (Å²) in [6, 6.07) is 11.8. The Kier molecular flexibility index (Phi) is 7.21. The van der Waals surface area contributed by atoms with Crippen LogP contribution in [-0.2, 0) is 27.0 Å². The molecule has 5 heterocycles. The second kappa shape index (κ2) is 11.0. The molecule has 3 aliphatic rings. The lowest BCUT2D eigenvalue weighted by Gasteiger charge is -2.29. The maximum atomic E-state index is 14.0. The van der Waals surface area contributed by atoms with Gasteiger partial charge in [0.1, 0.15) is 46.9 Å². The first-order chi connectivity index (χ1) is 22.3. The first-order valence-electron chi connectivity index (χ1n) is 15.9. The molecule has 246 valence electrons. The lowest BCUT2D eigenvalue weighted by molar-refractivity contribution is -0.135. The Morgan fingerprint density at radius 3 is 2.55 bits per heavy atom. The van der Waals surface area contributed by atoms with E-state index in [9.17, 15) is 19.8 Å². The standard InChI is InChI=1S/C35H39N5O7/c1-16(2)25-32-40-26(31-38-24(15-45-31)34(5,6)44)28(47-32)35-19-9-7-8-10-21(19)37-33(35)46-23-12-11-18(13-20(23)35)14-22(29(42)39-25)36-30(43)27(41)17(3)4/h7-13,15-17,22,25,27,33,37,41,44H,14H2,1-6H3,(H,36,43)(H,39,42)/t22-,25-,27-,33+,35?/m0/s1. The number of para-hydroxylation sites is 1. The highest BCUT2D eigenvalue weighted by Crippen LogP contribution is 2.59. The van der Waals surface area contributed by atoms with Crippen molar-refractivity contribution in [3.8, 4) is 17.3 Å². The first kappa shape index (κ1) is 30.9. The number of hydrogen-bond donors (Lipinski definition) is 5. The van der Waals surface area contributed by atoms with Gasteiger partial charge in [-0.15, -0.1) is 0 Å². The molecule has 5 atom stereocenters. The molecule has 0 fully saturated rings. The van der Waals surface area contributed by atoms with Gasteiger partial charge < -0.3 is 39.7 Å². The predicted octanol–water partition coefficient (Wildman–Crippen LogP) is 3.91. The Hall–Kier alpha value is -4.68. The summed E-state index contributed by atoms with van der Waals surface area (Å²) in [5.74, 6) is -0.212. The highest BCUT2D eigenvalue weighted by Gasteiger charge is 2.61. The van der Waals surface area contributed by atoms with E-state index in [0.29, 0.717) is 22.9 Å². The number of nitrogens with one attached hydrogen (secondary N) is 3. The van der Waals surface area contributed by atoms with Crippen LogP contribution >= 0.6 is 0 Å². The van der Waals surface area contributed by atoms with E-state index in [0.717, 1.165) is 22.4 Å². The SMILES string of the molecule is CC(C)[C@H](O)C(=O)N[C@H]1Cc2ccc3c(c2)C2(c4ccccc4N[C@@H]2O3)c2oc(nc2-c2nc(C(C)(C)O)co2)[C@H](C(C)C)NC1=O. The number of oxazole rings is 2. The van der Waals surface area contributed by atoms with Crippen molar-refractivity contribution in [1.29, 1.82) is 0 Å². The fraction of sp³-hybridized carbons (Fsp3) is 0.429. The van der Waals surface area contributed by atoms with Crippen molar-refractivity contribution < 1.29 is 33.4 Å². The van der Waals surface area contributed by atoms with Crippen LogP contribution in [0.2, 0.25) is 0 Å². The number of anilines is 1. The van der Waals surface area contributed by atoms with Crippen LogP contribution in [0.15, 0.2) is 57.6 Å². The number of aliphatic hydroxyl groups excluding tert-OH is 1. The molecule has 2 aromatic heterocycles. The number of carbonyl (C=O) groups excluding carboxylic acids is 2. The number of amides is 2. The second-order valence-electron chi connectivity index (χ2n) is 13.8. The minimum absolute atomic E-state index is 0.144. The molecule has 4 aromatic rings. The van der Waals surface area contributed by atoms with Crippen molar-refractivity contribution in [3.05, 3.63) is 82.8 Å². The van der Waals surface area contributed by atoms with Gasteiger partial charge in [-0.1, -0.05) is 58.0 Å². The third-order valence-corrected chi connectivity index (χ3v) is 9.28. The number of benzene rings is 2. The molecule has 0 saturated carbocycles. The van der Waals surface area contributed by atoms with Crippen molar-refractivity contribution in [2.24, 2.45) is 11.8 Å². The van der Waals surface area contributed by atoms with E-state index < -0.39 is 47.2 Å². The Bertz CT molecular complexity index is 1870. The highest BCUT2D eigenvalue weighted by atomic mass is 16.5. The number of aliphatic hydroxyl groups is 2. The largest absolute Gasteiger partial charge is 0.469 e. The van der Waals surface area contributed by atoms with Gasteiger partial charge in [-0.3, -0.25) is 9.59 Å². The van der Waals surface area contributed by atoms with Crippen molar-refractivity contribution in [2.75, 3.05) is 5.32 Å². The number of rotatable bonds is 6. The Labute approximate surface area is 271 Å². The number of carbonyl (C=O) groups is 2. The number of nitrogens with zero attached hydrogens (tertiary/aromatic N) is 2. The summed E-state index contributed by atoms with van der Waals surface area (Å²) in [6.07, 6.45) is -0.352. The van der Waals surface area contributed by atoms with Crippen molar-refractivity contribution >= 4 is 17.5 Å². The average Bonchev–Trinajstić information content (AvgIpc) is 3.79. The fourth-order valence-electron chi connectivity index (χ4n) is 6.67. The number of ether oxygens (including phenoxy) is 1. The summed E-state index contributed by atoms with van der Waals surface area (Å²) in [5.41, 5.74) is 1.60. The van der Waals surface area contributed by atoms with Gasteiger partial charge in [0.25, 0.3) is 0 Å². The van der Waals surface area contributed by atoms with E-state index in [1.807, 2.05) is 56.3 Å². The molecule has 0 aliphatic carbocycles. The van der Waals surface area contributed by atoms with Gasteiger partial charge >= 0.3 is 0 Å². The summed E-state index contributed by atoms with van der Waals surface area (Å²) in [4.78, 5) is 36.6. The van der Waals surface area contributed by atoms with Crippen molar-refractivity contribution in [3.63, 3.8) is 0 Å². The van der Waals surface area contributed by atoms with Crippen LogP contribution < -0.4 is 20.7 Å². The molecule has 47 heavy (non-hydrogen) atoms. The van der Waals surface area contributed by atoms with Gasteiger partial charge in [-0.2, -0.15) is 0 Å². The third kappa shape index (κ3) is 4.89. The van der Waals surface area contributed by atoms with Crippen LogP contribution in [0.1, 0.15) is 81.6 Å². The second-order valence-corrected chi connectivity index (χ2v) is 13.8. The Morgan fingerprint density at radius 1 is 1.09 bits per heavy atom. The van der Waals surface area contributed by atoms with Gasteiger partial charge in [0.15, 0.2) is 17.7 Å². The topological polar surface area (TPSA) is 172 Å². The predicted molar refractivity (Wildman–Crippen MR) is 170 cm³/mol. The molecule has 3 aliphatic heterocycles. The molecule has 2 amide bonds. The number of aromatic nitrogens is 2. The van der Waals surface area contributed by atoms with Crippen LogP contribution in [0.4, 0.5) is 5.69 Å². The highest BCUT2D eigenvalue weighted by molar-refractivity contribution is 5.90. The van der Waals surface area contributed by atoms with Gasteiger partial charge in [0, 0.05) is 17.7 Å². The van der Waals surface area contributed by atoms with Crippen molar-refractivity contribution in [2.45, 2.75) is 83.4 Å². The summed E-state index contributed by atoms with van der Waals surface area (Å²) >= 11 is 0. The molecule has 0 saturated heterocycles. The Balaban J connectivity index is 1.48. The van der Waals surface area contributed by atoms with Crippen LogP contribution in [0, 0.1) is 11.8 Å². The van der Waals surface area contributed by atoms with E-state index in [1.165, 1.54) is 6.26 Å². The molecule has 5 N–H and O–H groups in total. The summed E-state index contributed by atoms with van der Waals surface area (Å²) < 4.78 is 19.3. The zero-order chi connectivity index (χ0) is 33.4. The van der Waals surface area contributed by atoms with Gasteiger partial charge in [-0.25, -0.2) is 9.97 Å². The van der Waals surface area contributed by atoms with E-state index in [4.69, 9.17) is 18.6 Å². The monoisotopic (exact) mass is 641 g/mol. The van der Waals surface area contributed by atoms with E-state index in [1.54, 1.807) is 27.7 Å². The van der Waals surface area contributed by atoms with Crippen LogP contribution in [0.5, 0.6) is 5.75 Å². The number of fused-ring (bicyclic) bond motifs is 4. The van der Waals surface area contributed by atoms with Gasteiger partial charge in [-0.05, 0) is 48.9 Å². The van der Waals surface area contributed by atoms with E-state index >= 15 is 0 Å². The molecular formula is C35H39N5O7. The van der Waals surface area contributed by atoms with Crippen molar-refractivity contribution in [1.82, 2.24) is 20.6 Å². The summed E-state index contributed by atoms with van der Waals surface area (Å²) in [7, 11) is 0. The van der Waals surface area contributed by atoms with Crippen LogP contribution in [-0.4, -0.2) is 50.4 Å². The third-order valence-electron chi connectivity index (χ3n) is 9.28. The molecule has 2 aromatic carbocycles. The first-order valence-corrected chi connectivity index (χ1v) is 15.9. The summed E-state index contributed by atoms with van der Waals surface area (Å²) in [5, 5.41) is 30.6. The lowest BCUT2D eigenvalue weighted by atomic mass is 9.72. The zero-order valence-electron chi connectivity index (χ0n) is 27.1. The lowest BCUT2D eigenvalue weighted by Crippen LogP contribution is -2.52. The minimum atomic E-state index is -1.28. The molecular weight excluding hydrogens is 602 g/mol. The summed E-state index contributed by atoms with van der Waals surface area (Å²) in [6.45, 7) is 10.6. The molecule has 0 radical (unpaired) electrons. The molecule has 1 unspecified atom stereocenters. The fourth-order valence-corrected chi connectivity index (χ4v) is 6.67. The van der Waals surface area contributed by atoms with E-state index in [2.05, 4.69) is 20.9 Å². The van der Waals surface area contributed by atoms with E-state index in [-0.39, 0.29) is 30.0 Å². The molecule has 4 bridgehead atoms. The zero-order valence-corrected chi connectivity index (χ0v) is 27.1. The molecule has 7 rings (SSSR count). The Morgan fingerprint density at radius 2 is 1.85 bits per heavy atom.